The highest BCUT2D eigenvalue weighted by atomic mass is 35.5. The summed E-state index contributed by atoms with van der Waals surface area (Å²) in [4.78, 5) is 11.6. The van der Waals surface area contributed by atoms with Crippen LogP contribution in [0.5, 0.6) is 0 Å². The lowest BCUT2D eigenvalue weighted by atomic mass is 10.1. The number of hydrogen-bond acceptors (Lipinski definition) is 3. The summed E-state index contributed by atoms with van der Waals surface area (Å²) in [6, 6.07) is 8.24. The number of hydrazone groups is 1. The molecule has 0 aliphatic heterocycles. The molecular formula is C13H10Cl2N2O2. The number of halogens is 2. The van der Waals surface area contributed by atoms with Crippen molar-refractivity contribution in [1.82, 2.24) is 5.43 Å². The van der Waals surface area contributed by atoms with Gasteiger partial charge in [-0.3, -0.25) is 4.79 Å². The largest absolute Gasteiger partial charge is 0.459 e. The second-order valence-corrected chi connectivity index (χ2v) is 4.58. The topological polar surface area (TPSA) is 54.6 Å². The molecule has 0 fully saturated rings. The molecule has 2 rings (SSSR count). The average Bonchev–Trinajstić information content (AvgIpc) is 2.89. The first-order valence-corrected chi connectivity index (χ1v) is 6.17. The molecule has 0 saturated carbocycles. The molecule has 0 atom stereocenters. The van der Waals surface area contributed by atoms with Crippen molar-refractivity contribution >= 4 is 34.8 Å². The number of rotatable bonds is 3. The number of nitrogens with one attached hydrogen (secondary N) is 1. The molecule has 1 amide bonds. The minimum Gasteiger partial charge on any atom is -0.459 e. The third kappa shape index (κ3) is 3.36. The SMILES string of the molecule is C/C(=N\NC(=O)c1ccco1)c1ccc(Cl)cc1Cl. The third-order valence-electron chi connectivity index (χ3n) is 2.39. The first-order chi connectivity index (χ1) is 9.08. The Morgan fingerprint density at radius 1 is 1.32 bits per heavy atom. The summed E-state index contributed by atoms with van der Waals surface area (Å²) in [7, 11) is 0. The van der Waals surface area contributed by atoms with Crippen LogP contribution in [0.25, 0.3) is 0 Å². The van der Waals surface area contributed by atoms with Gasteiger partial charge in [-0.05, 0) is 31.2 Å². The normalized spacial score (nSPS) is 11.4. The van der Waals surface area contributed by atoms with E-state index in [1.54, 1.807) is 37.3 Å². The quantitative estimate of drug-likeness (QED) is 0.693. The first kappa shape index (κ1) is 13.6. The minimum absolute atomic E-state index is 0.193. The number of hydrogen-bond donors (Lipinski definition) is 1. The van der Waals surface area contributed by atoms with E-state index in [1.807, 2.05) is 0 Å². The lowest BCUT2D eigenvalue weighted by Crippen LogP contribution is -2.18. The van der Waals surface area contributed by atoms with Crippen molar-refractivity contribution in [3.05, 3.63) is 58.0 Å². The summed E-state index contributed by atoms with van der Waals surface area (Å²) in [5, 5.41) is 4.99. The van der Waals surface area contributed by atoms with E-state index >= 15 is 0 Å². The Kier molecular flexibility index (Phi) is 4.24. The van der Waals surface area contributed by atoms with Gasteiger partial charge >= 0.3 is 5.91 Å². The number of carbonyl (C=O) groups excluding carboxylic acids is 1. The fraction of sp³-hybridized carbons (Fsp3) is 0.0769. The van der Waals surface area contributed by atoms with E-state index in [1.165, 1.54) is 6.26 Å². The van der Waals surface area contributed by atoms with E-state index in [4.69, 9.17) is 27.6 Å². The summed E-state index contributed by atoms with van der Waals surface area (Å²) in [5.74, 6) is -0.229. The van der Waals surface area contributed by atoms with Crippen molar-refractivity contribution < 1.29 is 9.21 Å². The second kappa shape index (κ2) is 5.91. The highest BCUT2D eigenvalue weighted by molar-refractivity contribution is 6.37. The summed E-state index contributed by atoms with van der Waals surface area (Å²) in [5.41, 5.74) is 3.66. The Morgan fingerprint density at radius 3 is 2.74 bits per heavy atom. The molecule has 1 aromatic carbocycles. The van der Waals surface area contributed by atoms with Crippen LogP contribution in [0, 0.1) is 0 Å². The van der Waals surface area contributed by atoms with Gasteiger partial charge in [0.25, 0.3) is 0 Å². The van der Waals surface area contributed by atoms with Crippen molar-refractivity contribution in [3.8, 4) is 0 Å². The molecule has 19 heavy (non-hydrogen) atoms. The van der Waals surface area contributed by atoms with Gasteiger partial charge in [0.1, 0.15) is 0 Å². The van der Waals surface area contributed by atoms with Crippen LogP contribution in [-0.2, 0) is 0 Å². The summed E-state index contributed by atoms with van der Waals surface area (Å²) in [6.07, 6.45) is 1.42. The summed E-state index contributed by atoms with van der Waals surface area (Å²) < 4.78 is 4.95. The van der Waals surface area contributed by atoms with Gasteiger partial charge in [0, 0.05) is 10.6 Å². The standard InChI is InChI=1S/C13H10Cl2N2O2/c1-8(10-5-4-9(14)7-11(10)15)16-17-13(18)12-3-2-6-19-12/h2-7H,1H3,(H,17,18)/b16-8+. The Labute approximate surface area is 120 Å². The molecule has 0 saturated heterocycles. The summed E-state index contributed by atoms with van der Waals surface area (Å²) in [6.45, 7) is 1.73. The van der Waals surface area contributed by atoms with Crippen molar-refractivity contribution in [2.45, 2.75) is 6.92 Å². The molecular weight excluding hydrogens is 287 g/mol. The number of carbonyl (C=O) groups is 1. The van der Waals surface area contributed by atoms with Crippen molar-refractivity contribution in [2.75, 3.05) is 0 Å². The molecule has 0 bridgehead atoms. The van der Waals surface area contributed by atoms with E-state index in [-0.39, 0.29) is 5.76 Å². The van der Waals surface area contributed by atoms with Gasteiger partial charge < -0.3 is 4.42 Å². The maximum absolute atomic E-state index is 11.6. The molecule has 1 N–H and O–H groups in total. The van der Waals surface area contributed by atoms with E-state index < -0.39 is 5.91 Å². The number of benzene rings is 1. The predicted molar refractivity (Wildman–Crippen MR) is 74.8 cm³/mol. The van der Waals surface area contributed by atoms with Crippen molar-refractivity contribution in [3.63, 3.8) is 0 Å². The van der Waals surface area contributed by atoms with Crippen LogP contribution in [0.1, 0.15) is 23.0 Å². The van der Waals surface area contributed by atoms with Gasteiger partial charge in [-0.15, -0.1) is 0 Å². The number of amides is 1. The molecule has 0 aliphatic rings. The van der Waals surface area contributed by atoms with Gasteiger partial charge in [0.15, 0.2) is 5.76 Å². The molecule has 0 unspecified atom stereocenters. The zero-order valence-electron chi connectivity index (χ0n) is 9.98. The number of nitrogens with zero attached hydrogens (tertiary/aromatic N) is 1. The van der Waals surface area contributed by atoms with Crippen LogP contribution < -0.4 is 5.43 Å². The second-order valence-electron chi connectivity index (χ2n) is 3.74. The van der Waals surface area contributed by atoms with Crippen molar-refractivity contribution in [2.24, 2.45) is 5.10 Å². The zero-order valence-corrected chi connectivity index (χ0v) is 11.5. The maximum Gasteiger partial charge on any atom is 0.307 e. The Morgan fingerprint density at radius 2 is 2.11 bits per heavy atom. The van der Waals surface area contributed by atoms with Crippen LogP contribution in [-0.4, -0.2) is 11.6 Å². The summed E-state index contributed by atoms with van der Waals surface area (Å²) >= 11 is 11.9. The zero-order chi connectivity index (χ0) is 13.8. The van der Waals surface area contributed by atoms with E-state index in [0.29, 0.717) is 21.3 Å². The highest BCUT2D eigenvalue weighted by Gasteiger charge is 2.08. The smallest absolute Gasteiger partial charge is 0.307 e. The van der Waals surface area contributed by atoms with Gasteiger partial charge in [-0.2, -0.15) is 5.10 Å². The number of furan rings is 1. The Balaban J connectivity index is 2.13. The predicted octanol–water partition coefficient (Wildman–Crippen LogP) is 3.74. The monoisotopic (exact) mass is 296 g/mol. The minimum atomic E-state index is -0.422. The first-order valence-electron chi connectivity index (χ1n) is 5.41. The lowest BCUT2D eigenvalue weighted by molar-refractivity contribution is 0.0927. The lowest BCUT2D eigenvalue weighted by Gasteiger charge is -2.04. The maximum atomic E-state index is 11.6. The van der Waals surface area contributed by atoms with Crippen LogP contribution >= 0.6 is 23.2 Å². The fourth-order valence-corrected chi connectivity index (χ4v) is 1.99. The van der Waals surface area contributed by atoms with Gasteiger partial charge in [0.05, 0.1) is 17.0 Å². The van der Waals surface area contributed by atoms with Crippen LogP contribution in [0.15, 0.2) is 46.1 Å². The van der Waals surface area contributed by atoms with Crippen molar-refractivity contribution in [1.29, 1.82) is 0 Å². The molecule has 1 heterocycles. The van der Waals surface area contributed by atoms with Gasteiger partial charge in [-0.1, -0.05) is 29.3 Å². The highest BCUT2D eigenvalue weighted by Crippen LogP contribution is 2.21. The van der Waals surface area contributed by atoms with Crippen LogP contribution in [0.2, 0.25) is 10.0 Å². The van der Waals surface area contributed by atoms with Crippen LogP contribution in [0.4, 0.5) is 0 Å². The van der Waals surface area contributed by atoms with Gasteiger partial charge in [-0.25, -0.2) is 5.43 Å². The Hall–Kier alpha value is -1.78. The van der Waals surface area contributed by atoms with Gasteiger partial charge in [0.2, 0.25) is 0 Å². The third-order valence-corrected chi connectivity index (χ3v) is 2.94. The molecule has 6 heteroatoms. The molecule has 0 spiro atoms. The van der Waals surface area contributed by atoms with E-state index in [0.717, 1.165) is 0 Å². The fourth-order valence-electron chi connectivity index (χ4n) is 1.44. The Bertz CT molecular complexity index is 622. The molecule has 4 nitrogen and oxygen atoms in total. The molecule has 1 aromatic heterocycles. The van der Waals surface area contributed by atoms with E-state index in [2.05, 4.69) is 10.5 Å². The molecule has 98 valence electrons. The molecule has 0 radical (unpaired) electrons. The molecule has 2 aromatic rings. The van der Waals surface area contributed by atoms with Crippen LogP contribution in [0.3, 0.4) is 0 Å². The average molecular weight is 297 g/mol. The van der Waals surface area contributed by atoms with E-state index in [9.17, 15) is 4.79 Å². The molecule has 0 aliphatic carbocycles.